The van der Waals surface area contributed by atoms with Crippen LogP contribution in [0.3, 0.4) is 0 Å². The number of carbonyl (C=O) groups is 1. The lowest BCUT2D eigenvalue weighted by Crippen LogP contribution is -2.38. The number of aliphatic imine (C=N–C) groups is 1. The Bertz CT molecular complexity index is 782. The number of halogens is 1. The van der Waals surface area contributed by atoms with Crippen molar-refractivity contribution in [1.29, 1.82) is 0 Å². The zero-order valence-corrected chi connectivity index (χ0v) is 19.0. The van der Waals surface area contributed by atoms with Crippen LogP contribution in [0.15, 0.2) is 53.5 Å². The van der Waals surface area contributed by atoms with Crippen molar-refractivity contribution < 1.29 is 14.3 Å². The Kier molecular flexibility index (Phi) is 10.4. The highest BCUT2D eigenvalue weighted by Gasteiger charge is 2.13. The lowest BCUT2D eigenvalue weighted by Gasteiger charge is -2.17. The Balaban J connectivity index is 0.00000392. The minimum absolute atomic E-state index is 0. The van der Waals surface area contributed by atoms with Crippen molar-refractivity contribution in [3.05, 3.63) is 65.2 Å². The summed E-state index contributed by atoms with van der Waals surface area (Å²) in [5.41, 5.74) is 2.61. The van der Waals surface area contributed by atoms with Crippen LogP contribution in [-0.4, -0.2) is 39.7 Å². The molecule has 0 radical (unpaired) electrons. The zero-order chi connectivity index (χ0) is 19.6. The van der Waals surface area contributed by atoms with E-state index in [0.717, 1.165) is 12.1 Å². The summed E-state index contributed by atoms with van der Waals surface area (Å²) in [6, 6.07) is 15.8. The molecule has 7 heteroatoms. The molecule has 0 aromatic heterocycles. The molecule has 6 nitrogen and oxygen atoms in total. The maximum atomic E-state index is 11.9. The van der Waals surface area contributed by atoms with Gasteiger partial charge < -0.3 is 20.1 Å². The van der Waals surface area contributed by atoms with Gasteiger partial charge in [-0.15, -0.1) is 24.0 Å². The quantitative estimate of drug-likeness (QED) is 0.265. The van der Waals surface area contributed by atoms with Crippen LogP contribution in [0.25, 0.3) is 0 Å². The smallest absolute Gasteiger partial charge is 0.341 e. The van der Waals surface area contributed by atoms with E-state index < -0.39 is 5.97 Å². The van der Waals surface area contributed by atoms with E-state index in [1.165, 1.54) is 19.8 Å². The van der Waals surface area contributed by atoms with Crippen LogP contribution in [0.5, 0.6) is 5.75 Å². The molecule has 0 heterocycles. The second-order valence-corrected chi connectivity index (χ2v) is 6.14. The fourth-order valence-electron chi connectivity index (χ4n) is 2.69. The lowest BCUT2D eigenvalue weighted by molar-refractivity contribution is 0.0597. The molecular weight excluding hydrogens is 469 g/mol. The van der Waals surface area contributed by atoms with Gasteiger partial charge in [0.2, 0.25) is 0 Å². The fourth-order valence-corrected chi connectivity index (χ4v) is 2.69. The molecule has 0 saturated carbocycles. The molecule has 152 valence electrons. The second-order valence-electron chi connectivity index (χ2n) is 6.14. The molecule has 2 aromatic carbocycles. The van der Waals surface area contributed by atoms with Crippen molar-refractivity contribution in [2.24, 2.45) is 4.99 Å². The van der Waals surface area contributed by atoms with Crippen molar-refractivity contribution in [2.75, 3.05) is 27.8 Å². The third-order valence-corrected chi connectivity index (χ3v) is 4.30. The standard InChI is InChI=1S/C21H27N3O3.HI/c1-15(17-8-6-5-7-9-17)13-23-21(22-2)24-14-16-10-11-19(26-3)18(12-16)20(25)27-4;/h5-12,15H,13-14H2,1-4H3,(H2,22,23,24);1H. The van der Waals surface area contributed by atoms with Crippen molar-refractivity contribution in [2.45, 2.75) is 19.4 Å². The normalized spacial score (nSPS) is 11.8. The molecule has 0 aliphatic rings. The number of nitrogens with zero attached hydrogens (tertiary/aromatic N) is 1. The molecule has 0 saturated heterocycles. The second kappa shape index (κ2) is 12.2. The van der Waals surface area contributed by atoms with Gasteiger partial charge in [-0.25, -0.2) is 4.79 Å². The van der Waals surface area contributed by atoms with Gasteiger partial charge in [0.25, 0.3) is 0 Å². The predicted molar refractivity (Wildman–Crippen MR) is 123 cm³/mol. The number of methoxy groups -OCH3 is 2. The van der Waals surface area contributed by atoms with Crippen molar-refractivity contribution in [3.8, 4) is 5.75 Å². The molecule has 2 rings (SSSR count). The number of hydrogen-bond donors (Lipinski definition) is 2. The molecular formula is C21H28IN3O3. The number of benzene rings is 2. The summed E-state index contributed by atoms with van der Waals surface area (Å²) in [7, 11) is 4.61. The number of hydrogen-bond acceptors (Lipinski definition) is 4. The van der Waals surface area contributed by atoms with Crippen LogP contribution in [0, 0.1) is 0 Å². The summed E-state index contributed by atoms with van der Waals surface area (Å²) in [5, 5.41) is 6.59. The lowest BCUT2D eigenvalue weighted by atomic mass is 10.0. The summed E-state index contributed by atoms with van der Waals surface area (Å²) >= 11 is 0. The van der Waals surface area contributed by atoms with Crippen LogP contribution in [0.4, 0.5) is 0 Å². The van der Waals surface area contributed by atoms with Gasteiger partial charge in [0, 0.05) is 20.1 Å². The van der Waals surface area contributed by atoms with Crippen LogP contribution in [-0.2, 0) is 11.3 Å². The first-order valence-corrected chi connectivity index (χ1v) is 8.83. The monoisotopic (exact) mass is 497 g/mol. The highest BCUT2D eigenvalue weighted by Crippen LogP contribution is 2.20. The Hall–Kier alpha value is -2.29. The third-order valence-electron chi connectivity index (χ3n) is 4.30. The first-order chi connectivity index (χ1) is 13.1. The van der Waals surface area contributed by atoms with Gasteiger partial charge in [0.1, 0.15) is 11.3 Å². The van der Waals surface area contributed by atoms with Crippen molar-refractivity contribution >= 4 is 35.9 Å². The Morgan fingerprint density at radius 1 is 1.11 bits per heavy atom. The number of carbonyl (C=O) groups excluding carboxylic acids is 1. The molecule has 0 fully saturated rings. The van der Waals surface area contributed by atoms with E-state index in [1.807, 2.05) is 24.3 Å². The number of ether oxygens (including phenoxy) is 2. The maximum absolute atomic E-state index is 11.9. The molecule has 0 amide bonds. The third kappa shape index (κ3) is 6.70. The molecule has 2 N–H and O–H groups in total. The average Bonchev–Trinajstić information content (AvgIpc) is 2.73. The SMILES string of the molecule is CN=C(NCc1ccc(OC)c(C(=O)OC)c1)NCC(C)c1ccccc1.I. The van der Waals surface area contributed by atoms with E-state index in [0.29, 0.717) is 29.7 Å². The van der Waals surface area contributed by atoms with Crippen molar-refractivity contribution in [3.63, 3.8) is 0 Å². The van der Waals surface area contributed by atoms with Crippen LogP contribution in [0.2, 0.25) is 0 Å². The van der Waals surface area contributed by atoms with Gasteiger partial charge in [0.05, 0.1) is 14.2 Å². The number of esters is 1. The van der Waals surface area contributed by atoms with Gasteiger partial charge in [-0.05, 0) is 29.2 Å². The largest absolute Gasteiger partial charge is 0.496 e. The number of rotatable bonds is 7. The molecule has 0 aliphatic carbocycles. The summed E-state index contributed by atoms with van der Waals surface area (Å²) < 4.78 is 10.0. The maximum Gasteiger partial charge on any atom is 0.341 e. The molecule has 0 bridgehead atoms. The average molecular weight is 497 g/mol. The summed E-state index contributed by atoms with van der Waals surface area (Å²) in [4.78, 5) is 16.1. The van der Waals surface area contributed by atoms with E-state index in [2.05, 4.69) is 34.7 Å². The molecule has 1 atom stereocenters. The molecule has 0 aliphatic heterocycles. The molecule has 0 spiro atoms. The van der Waals surface area contributed by atoms with E-state index in [-0.39, 0.29) is 24.0 Å². The predicted octanol–water partition coefficient (Wildman–Crippen LogP) is 3.57. The minimum atomic E-state index is -0.423. The molecule has 1 unspecified atom stereocenters. The van der Waals surface area contributed by atoms with Gasteiger partial charge >= 0.3 is 5.97 Å². The van der Waals surface area contributed by atoms with Gasteiger partial charge in [-0.2, -0.15) is 0 Å². The van der Waals surface area contributed by atoms with Gasteiger partial charge in [0.15, 0.2) is 5.96 Å². The fraction of sp³-hybridized carbons (Fsp3) is 0.333. The van der Waals surface area contributed by atoms with Gasteiger partial charge in [-0.1, -0.05) is 43.3 Å². The Morgan fingerprint density at radius 3 is 2.43 bits per heavy atom. The highest BCUT2D eigenvalue weighted by atomic mass is 127. The van der Waals surface area contributed by atoms with E-state index in [9.17, 15) is 4.79 Å². The number of nitrogens with one attached hydrogen (secondary N) is 2. The van der Waals surface area contributed by atoms with Crippen LogP contribution in [0.1, 0.15) is 34.3 Å². The summed E-state index contributed by atoms with van der Waals surface area (Å²) in [6.45, 7) is 3.45. The first-order valence-electron chi connectivity index (χ1n) is 8.83. The summed E-state index contributed by atoms with van der Waals surface area (Å²) in [6.07, 6.45) is 0. The molecule has 2 aromatic rings. The minimum Gasteiger partial charge on any atom is -0.496 e. The highest BCUT2D eigenvalue weighted by molar-refractivity contribution is 14.0. The van der Waals surface area contributed by atoms with Crippen LogP contribution < -0.4 is 15.4 Å². The van der Waals surface area contributed by atoms with E-state index >= 15 is 0 Å². The number of guanidine groups is 1. The van der Waals surface area contributed by atoms with Crippen LogP contribution >= 0.6 is 24.0 Å². The van der Waals surface area contributed by atoms with Crippen molar-refractivity contribution in [1.82, 2.24) is 10.6 Å². The first kappa shape index (κ1) is 23.7. The Morgan fingerprint density at radius 2 is 1.82 bits per heavy atom. The van der Waals surface area contributed by atoms with E-state index in [1.54, 1.807) is 19.2 Å². The Labute approximate surface area is 183 Å². The molecule has 28 heavy (non-hydrogen) atoms. The topological polar surface area (TPSA) is 72.0 Å². The van der Waals surface area contributed by atoms with Gasteiger partial charge in [-0.3, -0.25) is 4.99 Å². The van der Waals surface area contributed by atoms with E-state index in [4.69, 9.17) is 9.47 Å². The summed E-state index contributed by atoms with van der Waals surface area (Å²) in [5.74, 6) is 1.13. The zero-order valence-electron chi connectivity index (χ0n) is 16.7.